The van der Waals surface area contributed by atoms with Crippen molar-refractivity contribution in [1.29, 1.82) is 0 Å². The number of fused-ring (bicyclic) bond motifs is 1. The molecule has 5 nitrogen and oxygen atoms in total. The molecule has 6 heteroatoms. The van der Waals surface area contributed by atoms with Gasteiger partial charge in [-0.3, -0.25) is 0 Å². The molecule has 0 saturated carbocycles. The van der Waals surface area contributed by atoms with Gasteiger partial charge in [0.05, 0.1) is 23.9 Å². The normalized spacial score (nSPS) is 17.1. The number of ether oxygens (including phenoxy) is 2. The molecule has 1 unspecified atom stereocenters. The average Bonchev–Trinajstić information content (AvgIpc) is 2.61. The molecule has 1 aromatic rings. The van der Waals surface area contributed by atoms with E-state index in [2.05, 4.69) is 0 Å². The summed E-state index contributed by atoms with van der Waals surface area (Å²) in [7, 11) is -3.45. The second-order valence-corrected chi connectivity index (χ2v) is 8.45. The summed E-state index contributed by atoms with van der Waals surface area (Å²) in [4.78, 5) is 0.228. The Hall–Kier alpha value is -1.27. The van der Waals surface area contributed by atoms with Crippen LogP contribution < -0.4 is 15.2 Å². The first-order chi connectivity index (χ1) is 9.70. The van der Waals surface area contributed by atoms with Crippen LogP contribution in [0.3, 0.4) is 0 Å². The molecule has 1 heterocycles. The standard InChI is InChI=1S/C15H23NO4S/c1-15(2,3)14(16)10-21(17,18)11-5-6-12-13(9-11)20-8-4-7-19-12/h5-6,9,14H,4,7-8,10,16H2,1-3H3. The SMILES string of the molecule is CC(C)(C)C(N)CS(=O)(=O)c1ccc2c(c1)OCCCO2. The summed E-state index contributed by atoms with van der Waals surface area (Å²) in [5.41, 5.74) is 5.74. The predicted molar refractivity (Wildman–Crippen MR) is 81.5 cm³/mol. The van der Waals surface area contributed by atoms with E-state index in [1.165, 1.54) is 6.07 Å². The molecule has 0 bridgehead atoms. The van der Waals surface area contributed by atoms with Crippen LogP contribution in [0.25, 0.3) is 0 Å². The third-order valence-electron chi connectivity index (χ3n) is 3.59. The molecule has 0 saturated heterocycles. The third-order valence-corrected chi connectivity index (χ3v) is 5.36. The van der Waals surface area contributed by atoms with Crippen LogP contribution in [-0.2, 0) is 9.84 Å². The summed E-state index contributed by atoms with van der Waals surface area (Å²) in [6.45, 7) is 6.90. The van der Waals surface area contributed by atoms with Crippen molar-refractivity contribution in [2.24, 2.45) is 11.1 Å². The monoisotopic (exact) mass is 313 g/mol. The van der Waals surface area contributed by atoms with E-state index < -0.39 is 15.9 Å². The van der Waals surface area contributed by atoms with Gasteiger partial charge in [0.1, 0.15) is 0 Å². The first-order valence-electron chi connectivity index (χ1n) is 7.08. The van der Waals surface area contributed by atoms with Crippen LogP contribution in [0, 0.1) is 5.41 Å². The van der Waals surface area contributed by atoms with Gasteiger partial charge in [-0.1, -0.05) is 20.8 Å². The molecule has 118 valence electrons. The van der Waals surface area contributed by atoms with Crippen molar-refractivity contribution < 1.29 is 17.9 Å². The first-order valence-corrected chi connectivity index (χ1v) is 8.73. The Kier molecular flexibility index (Phi) is 4.49. The summed E-state index contributed by atoms with van der Waals surface area (Å²) in [6, 6.07) is 4.30. The van der Waals surface area contributed by atoms with Crippen molar-refractivity contribution in [3.05, 3.63) is 18.2 Å². The molecule has 0 amide bonds. The van der Waals surface area contributed by atoms with Crippen molar-refractivity contribution >= 4 is 9.84 Å². The topological polar surface area (TPSA) is 78.6 Å². The van der Waals surface area contributed by atoms with Crippen LogP contribution in [0.15, 0.2) is 23.1 Å². The lowest BCUT2D eigenvalue weighted by molar-refractivity contribution is 0.297. The molecule has 2 rings (SSSR count). The van der Waals surface area contributed by atoms with E-state index in [0.29, 0.717) is 24.7 Å². The van der Waals surface area contributed by atoms with Gasteiger partial charge in [-0.05, 0) is 17.5 Å². The van der Waals surface area contributed by atoms with Gasteiger partial charge in [0.2, 0.25) is 0 Å². The summed E-state index contributed by atoms with van der Waals surface area (Å²) >= 11 is 0. The van der Waals surface area contributed by atoms with Gasteiger partial charge >= 0.3 is 0 Å². The maximum Gasteiger partial charge on any atom is 0.180 e. The van der Waals surface area contributed by atoms with E-state index in [-0.39, 0.29) is 16.1 Å². The Bertz CT molecular complexity index is 605. The molecule has 0 radical (unpaired) electrons. The Morgan fingerprint density at radius 1 is 1.19 bits per heavy atom. The fourth-order valence-corrected chi connectivity index (χ4v) is 3.65. The fraction of sp³-hybridized carbons (Fsp3) is 0.600. The molecular weight excluding hydrogens is 290 g/mol. The number of hydrogen-bond acceptors (Lipinski definition) is 5. The number of nitrogens with two attached hydrogens (primary N) is 1. The van der Waals surface area contributed by atoms with Crippen LogP contribution in [-0.4, -0.2) is 33.4 Å². The van der Waals surface area contributed by atoms with E-state index >= 15 is 0 Å². The molecule has 2 N–H and O–H groups in total. The molecule has 1 aromatic carbocycles. The first kappa shape index (κ1) is 16.1. The minimum Gasteiger partial charge on any atom is -0.490 e. The van der Waals surface area contributed by atoms with Gasteiger partial charge in [0.15, 0.2) is 21.3 Å². The van der Waals surface area contributed by atoms with Crippen molar-refractivity contribution in [3.63, 3.8) is 0 Å². The van der Waals surface area contributed by atoms with E-state index in [1.807, 2.05) is 20.8 Å². The van der Waals surface area contributed by atoms with E-state index in [1.54, 1.807) is 12.1 Å². The summed E-state index contributed by atoms with van der Waals surface area (Å²) in [6.07, 6.45) is 0.783. The van der Waals surface area contributed by atoms with Gasteiger partial charge in [0.25, 0.3) is 0 Å². The number of benzene rings is 1. The lowest BCUT2D eigenvalue weighted by Crippen LogP contribution is -2.41. The summed E-state index contributed by atoms with van der Waals surface area (Å²) in [5, 5.41) is 0. The zero-order valence-electron chi connectivity index (χ0n) is 12.8. The van der Waals surface area contributed by atoms with Gasteiger partial charge in [-0.2, -0.15) is 0 Å². The van der Waals surface area contributed by atoms with Crippen LogP contribution in [0.1, 0.15) is 27.2 Å². The minimum absolute atomic E-state index is 0.0872. The number of hydrogen-bond donors (Lipinski definition) is 1. The molecule has 0 aromatic heterocycles. The van der Waals surface area contributed by atoms with Gasteiger partial charge in [-0.15, -0.1) is 0 Å². The van der Waals surface area contributed by atoms with Crippen molar-refractivity contribution in [3.8, 4) is 11.5 Å². The molecule has 0 spiro atoms. The highest BCUT2D eigenvalue weighted by molar-refractivity contribution is 7.91. The maximum absolute atomic E-state index is 12.5. The Morgan fingerprint density at radius 2 is 1.81 bits per heavy atom. The zero-order chi connectivity index (χ0) is 15.7. The predicted octanol–water partition coefficient (Wildman–Crippen LogP) is 2.00. The Morgan fingerprint density at radius 3 is 2.43 bits per heavy atom. The lowest BCUT2D eigenvalue weighted by atomic mass is 9.89. The van der Waals surface area contributed by atoms with Crippen LogP contribution in [0.5, 0.6) is 11.5 Å². The highest BCUT2D eigenvalue weighted by Gasteiger charge is 2.28. The highest BCUT2D eigenvalue weighted by Crippen LogP contribution is 2.32. The summed E-state index contributed by atoms with van der Waals surface area (Å²) in [5.74, 6) is 0.986. The second-order valence-electron chi connectivity index (χ2n) is 6.41. The summed E-state index contributed by atoms with van der Waals surface area (Å²) < 4.78 is 36.0. The molecule has 0 aliphatic carbocycles. The Balaban J connectivity index is 2.27. The molecule has 1 atom stereocenters. The lowest BCUT2D eigenvalue weighted by Gasteiger charge is -2.26. The van der Waals surface area contributed by atoms with Crippen molar-refractivity contribution in [1.82, 2.24) is 0 Å². The van der Waals surface area contributed by atoms with Crippen LogP contribution in [0.2, 0.25) is 0 Å². The maximum atomic E-state index is 12.5. The Labute approximate surface area is 126 Å². The van der Waals surface area contributed by atoms with E-state index in [4.69, 9.17) is 15.2 Å². The van der Waals surface area contributed by atoms with E-state index in [9.17, 15) is 8.42 Å². The van der Waals surface area contributed by atoms with Crippen molar-refractivity contribution in [2.75, 3.05) is 19.0 Å². The highest BCUT2D eigenvalue weighted by atomic mass is 32.2. The van der Waals surface area contributed by atoms with Gasteiger partial charge in [-0.25, -0.2) is 8.42 Å². The van der Waals surface area contributed by atoms with Crippen LogP contribution in [0.4, 0.5) is 0 Å². The molecule has 1 aliphatic rings. The second kappa shape index (κ2) is 5.85. The third kappa shape index (κ3) is 3.89. The zero-order valence-corrected chi connectivity index (χ0v) is 13.6. The average molecular weight is 313 g/mol. The molecule has 21 heavy (non-hydrogen) atoms. The molecule has 0 fully saturated rings. The molecule has 1 aliphatic heterocycles. The van der Waals surface area contributed by atoms with E-state index in [0.717, 1.165) is 6.42 Å². The quantitative estimate of drug-likeness (QED) is 0.923. The fourth-order valence-electron chi connectivity index (χ4n) is 1.92. The van der Waals surface area contributed by atoms with Crippen molar-refractivity contribution in [2.45, 2.75) is 38.1 Å². The minimum atomic E-state index is -3.45. The van der Waals surface area contributed by atoms with Gasteiger partial charge < -0.3 is 15.2 Å². The molecular formula is C15H23NO4S. The van der Waals surface area contributed by atoms with Gasteiger partial charge in [0, 0.05) is 18.5 Å². The largest absolute Gasteiger partial charge is 0.490 e. The smallest absolute Gasteiger partial charge is 0.180 e. The van der Waals surface area contributed by atoms with Crippen LogP contribution >= 0.6 is 0 Å². The number of rotatable bonds is 3. The number of sulfone groups is 1.